The molecule has 13 heavy (non-hydrogen) atoms. The molecule has 72 valence electrons. The van der Waals surface area contributed by atoms with Crippen LogP contribution in [0.25, 0.3) is 0 Å². The molecule has 1 aromatic heterocycles. The fraction of sp³-hybridized carbons (Fsp3) is 0.444. The van der Waals surface area contributed by atoms with Gasteiger partial charge in [0.25, 0.3) is 5.17 Å². The van der Waals surface area contributed by atoms with Gasteiger partial charge in [0.05, 0.1) is 5.00 Å². The molecule has 0 amide bonds. The highest BCUT2D eigenvalue weighted by atomic mass is 32.1. The van der Waals surface area contributed by atoms with Crippen molar-refractivity contribution in [3.8, 4) is 0 Å². The van der Waals surface area contributed by atoms with Crippen molar-refractivity contribution in [2.45, 2.75) is 26.4 Å². The van der Waals surface area contributed by atoms with E-state index in [2.05, 4.69) is 5.32 Å². The molecule has 1 N–H and O–H groups in total. The number of hydrogen-bond acceptors (Lipinski definition) is 3. The van der Waals surface area contributed by atoms with E-state index in [1.165, 1.54) is 0 Å². The van der Waals surface area contributed by atoms with Crippen LogP contribution in [-0.2, 0) is 4.74 Å². The Morgan fingerprint density at radius 3 is 2.69 bits per heavy atom. The number of anilines is 1. The summed E-state index contributed by atoms with van der Waals surface area (Å²) in [7, 11) is 0. The second-order valence-corrected chi connectivity index (χ2v) is 4.92. The molecule has 0 saturated heterocycles. The summed E-state index contributed by atoms with van der Waals surface area (Å²) in [4.78, 5) is 0. The predicted octanol–water partition coefficient (Wildman–Crippen LogP) is 3.26. The topological polar surface area (TPSA) is 21.3 Å². The molecule has 0 saturated carbocycles. The summed E-state index contributed by atoms with van der Waals surface area (Å²) in [5.41, 5.74) is -0.235. The van der Waals surface area contributed by atoms with Gasteiger partial charge in [-0.15, -0.1) is 11.3 Å². The van der Waals surface area contributed by atoms with Gasteiger partial charge in [0.15, 0.2) is 0 Å². The minimum absolute atomic E-state index is 0.235. The molecule has 2 nitrogen and oxygen atoms in total. The SMILES string of the molecule is CC(C)(C)OC(=S)Nc1cccs1. The van der Waals surface area contributed by atoms with Crippen LogP contribution >= 0.6 is 23.6 Å². The summed E-state index contributed by atoms with van der Waals surface area (Å²) < 4.78 is 5.44. The third-order valence-electron chi connectivity index (χ3n) is 1.15. The van der Waals surface area contributed by atoms with Crippen LogP contribution in [0.3, 0.4) is 0 Å². The van der Waals surface area contributed by atoms with Gasteiger partial charge < -0.3 is 10.1 Å². The van der Waals surface area contributed by atoms with Gasteiger partial charge in [-0.2, -0.15) is 0 Å². The lowest BCUT2D eigenvalue weighted by molar-refractivity contribution is 0.121. The first-order valence-electron chi connectivity index (χ1n) is 4.01. The van der Waals surface area contributed by atoms with Gasteiger partial charge in [0.2, 0.25) is 0 Å². The zero-order chi connectivity index (χ0) is 9.90. The Morgan fingerprint density at radius 2 is 2.23 bits per heavy atom. The fourth-order valence-corrected chi connectivity index (χ4v) is 1.79. The van der Waals surface area contributed by atoms with Crippen molar-refractivity contribution in [3.05, 3.63) is 17.5 Å². The van der Waals surface area contributed by atoms with Crippen LogP contribution in [0.1, 0.15) is 20.8 Å². The first-order chi connectivity index (χ1) is 5.97. The first-order valence-corrected chi connectivity index (χ1v) is 5.30. The van der Waals surface area contributed by atoms with E-state index < -0.39 is 0 Å². The van der Waals surface area contributed by atoms with Crippen LogP contribution in [0.2, 0.25) is 0 Å². The predicted molar refractivity (Wildman–Crippen MR) is 61.4 cm³/mol. The van der Waals surface area contributed by atoms with Gasteiger partial charge in [-0.3, -0.25) is 0 Å². The second-order valence-electron chi connectivity index (χ2n) is 3.60. The molecule has 0 fully saturated rings. The Morgan fingerprint density at radius 1 is 1.54 bits per heavy atom. The molecule has 1 aromatic rings. The third kappa shape index (κ3) is 4.24. The first kappa shape index (κ1) is 10.5. The van der Waals surface area contributed by atoms with E-state index in [4.69, 9.17) is 17.0 Å². The number of thiophene rings is 1. The molecule has 0 atom stereocenters. The zero-order valence-corrected chi connectivity index (χ0v) is 9.59. The van der Waals surface area contributed by atoms with Crippen LogP contribution < -0.4 is 5.32 Å². The van der Waals surface area contributed by atoms with Crippen molar-refractivity contribution in [2.75, 3.05) is 5.32 Å². The minimum atomic E-state index is -0.235. The summed E-state index contributed by atoms with van der Waals surface area (Å²) in [6.07, 6.45) is 0. The molecular formula is C9H13NOS2. The molecule has 4 heteroatoms. The Balaban J connectivity index is 2.43. The summed E-state index contributed by atoms with van der Waals surface area (Å²) in [5.74, 6) is 0. The number of ether oxygens (including phenoxy) is 1. The summed E-state index contributed by atoms with van der Waals surface area (Å²) in [6, 6.07) is 3.93. The molecule has 1 heterocycles. The van der Waals surface area contributed by atoms with Crippen molar-refractivity contribution in [1.29, 1.82) is 0 Å². The summed E-state index contributed by atoms with van der Waals surface area (Å²) in [5, 5.41) is 6.43. The monoisotopic (exact) mass is 215 g/mol. The van der Waals surface area contributed by atoms with Crippen LogP contribution in [-0.4, -0.2) is 10.8 Å². The van der Waals surface area contributed by atoms with Gasteiger partial charge >= 0.3 is 0 Å². The maximum Gasteiger partial charge on any atom is 0.262 e. The second kappa shape index (κ2) is 4.07. The molecule has 0 spiro atoms. The average molecular weight is 215 g/mol. The normalized spacial score (nSPS) is 11.0. The standard InChI is InChI=1S/C9H13NOS2/c1-9(2,3)11-8(12)10-7-5-4-6-13-7/h4-6H,1-3H3,(H,10,12). The zero-order valence-electron chi connectivity index (χ0n) is 7.96. The van der Waals surface area contributed by atoms with Gasteiger partial charge in [-0.1, -0.05) is 0 Å². The Hall–Kier alpha value is -0.610. The molecule has 0 unspecified atom stereocenters. The minimum Gasteiger partial charge on any atom is -0.465 e. The van der Waals surface area contributed by atoms with Crippen LogP contribution in [0, 0.1) is 0 Å². The van der Waals surface area contributed by atoms with E-state index in [0.717, 1.165) is 5.00 Å². The molecule has 0 aliphatic heterocycles. The van der Waals surface area contributed by atoms with E-state index in [0.29, 0.717) is 5.17 Å². The molecule has 0 aromatic carbocycles. The fourth-order valence-electron chi connectivity index (χ4n) is 0.754. The van der Waals surface area contributed by atoms with Crippen molar-refractivity contribution in [3.63, 3.8) is 0 Å². The van der Waals surface area contributed by atoms with Crippen LogP contribution in [0.5, 0.6) is 0 Å². The van der Waals surface area contributed by atoms with E-state index >= 15 is 0 Å². The van der Waals surface area contributed by atoms with Gasteiger partial charge in [-0.25, -0.2) is 0 Å². The highest BCUT2D eigenvalue weighted by molar-refractivity contribution is 7.80. The average Bonchev–Trinajstić information content (AvgIpc) is 2.34. The molecule has 0 bridgehead atoms. The molecule has 1 rings (SSSR count). The smallest absolute Gasteiger partial charge is 0.262 e. The maximum absolute atomic E-state index is 5.44. The molecule has 0 aliphatic carbocycles. The van der Waals surface area contributed by atoms with Crippen LogP contribution in [0.15, 0.2) is 17.5 Å². The van der Waals surface area contributed by atoms with Crippen molar-refractivity contribution in [2.24, 2.45) is 0 Å². The van der Waals surface area contributed by atoms with Gasteiger partial charge in [0.1, 0.15) is 5.60 Å². The van der Waals surface area contributed by atoms with Crippen molar-refractivity contribution >= 4 is 33.7 Å². The number of thiocarbonyl (C=S) groups is 1. The quantitative estimate of drug-likeness (QED) is 0.727. The number of nitrogens with one attached hydrogen (secondary N) is 1. The highest BCUT2D eigenvalue weighted by Crippen LogP contribution is 2.16. The Kier molecular flexibility index (Phi) is 3.27. The van der Waals surface area contributed by atoms with Gasteiger partial charge in [-0.05, 0) is 50.5 Å². The van der Waals surface area contributed by atoms with E-state index in [9.17, 15) is 0 Å². The van der Waals surface area contributed by atoms with Crippen molar-refractivity contribution in [1.82, 2.24) is 0 Å². The lowest BCUT2D eigenvalue weighted by Crippen LogP contribution is -2.26. The summed E-state index contributed by atoms with van der Waals surface area (Å²) in [6.45, 7) is 5.90. The largest absolute Gasteiger partial charge is 0.465 e. The molecular weight excluding hydrogens is 202 g/mol. The van der Waals surface area contributed by atoms with Gasteiger partial charge in [0, 0.05) is 0 Å². The molecule has 0 aliphatic rings. The Labute approximate surface area is 87.9 Å². The Bertz CT molecular complexity index is 274. The van der Waals surface area contributed by atoms with E-state index in [1.54, 1.807) is 11.3 Å². The van der Waals surface area contributed by atoms with Crippen LogP contribution in [0.4, 0.5) is 5.00 Å². The van der Waals surface area contributed by atoms with E-state index in [-0.39, 0.29) is 5.60 Å². The van der Waals surface area contributed by atoms with Crippen molar-refractivity contribution < 1.29 is 4.74 Å². The third-order valence-corrected chi connectivity index (χ3v) is 2.12. The molecule has 0 radical (unpaired) electrons. The highest BCUT2D eigenvalue weighted by Gasteiger charge is 2.13. The number of hydrogen-bond donors (Lipinski definition) is 1. The lowest BCUT2D eigenvalue weighted by atomic mass is 10.2. The maximum atomic E-state index is 5.44. The number of rotatable bonds is 1. The summed E-state index contributed by atoms with van der Waals surface area (Å²) >= 11 is 6.62. The van der Waals surface area contributed by atoms with E-state index in [1.807, 2.05) is 38.3 Å². The lowest BCUT2D eigenvalue weighted by Gasteiger charge is -2.21.